The van der Waals surface area contributed by atoms with Crippen LogP contribution in [0.3, 0.4) is 0 Å². The molecule has 2 heteroatoms. The van der Waals surface area contributed by atoms with Gasteiger partial charge in [0.05, 0.1) is 6.61 Å². The van der Waals surface area contributed by atoms with Crippen molar-refractivity contribution in [2.45, 2.75) is 25.3 Å². The minimum absolute atomic E-state index is 0.135. The summed E-state index contributed by atoms with van der Waals surface area (Å²) in [4.78, 5) is 1.25. The zero-order valence-electron chi connectivity index (χ0n) is 8.16. The van der Waals surface area contributed by atoms with Gasteiger partial charge >= 0.3 is 0 Å². The van der Waals surface area contributed by atoms with Crippen LogP contribution < -0.4 is 0 Å². The Morgan fingerprint density at radius 3 is 2.77 bits per heavy atom. The van der Waals surface area contributed by atoms with Crippen LogP contribution in [0.1, 0.15) is 19.4 Å². The van der Waals surface area contributed by atoms with Gasteiger partial charge in [0.15, 0.2) is 0 Å². The van der Waals surface area contributed by atoms with Crippen LogP contribution in [0.4, 0.5) is 0 Å². The van der Waals surface area contributed by atoms with Gasteiger partial charge in [0.25, 0.3) is 0 Å². The summed E-state index contributed by atoms with van der Waals surface area (Å²) in [6, 6.07) is 8.08. The van der Waals surface area contributed by atoms with Crippen LogP contribution in [-0.4, -0.2) is 10.9 Å². The van der Waals surface area contributed by atoms with Crippen LogP contribution in [0.25, 0.3) is 0 Å². The van der Waals surface area contributed by atoms with E-state index in [1.807, 2.05) is 30.0 Å². The minimum Gasteiger partial charge on any atom is -0.392 e. The highest BCUT2D eigenvalue weighted by Crippen LogP contribution is 2.21. The average molecular weight is 196 g/mol. The minimum atomic E-state index is 0.135. The van der Waals surface area contributed by atoms with Crippen molar-refractivity contribution in [1.82, 2.24) is 0 Å². The molecule has 0 amide bonds. The molecule has 0 aliphatic heterocycles. The Balaban J connectivity index is 2.56. The van der Waals surface area contributed by atoms with Crippen molar-refractivity contribution in [3.05, 3.63) is 29.8 Å². The predicted molar refractivity (Wildman–Crippen MR) is 57.9 cm³/mol. The van der Waals surface area contributed by atoms with Crippen molar-refractivity contribution in [1.29, 1.82) is 0 Å². The number of benzene rings is 1. The SMILES string of the molecule is CC(C)CSc1cccc(CO)c1. The molecule has 0 spiro atoms. The number of hydrogen-bond acceptors (Lipinski definition) is 2. The van der Waals surface area contributed by atoms with E-state index in [9.17, 15) is 0 Å². The van der Waals surface area contributed by atoms with Crippen LogP contribution in [0.5, 0.6) is 0 Å². The van der Waals surface area contributed by atoms with E-state index in [2.05, 4.69) is 19.9 Å². The average Bonchev–Trinajstić information content (AvgIpc) is 2.15. The zero-order chi connectivity index (χ0) is 9.68. The van der Waals surface area contributed by atoms with Gasteiger partial charge in [-0.1, -0.05) is 26.0 Å². The van der Waals surface area contributed by atoms with Gasteiger partial charge in [-0.05, 0) is 23.6 Å². The lowest BCUT2D eigenvalue weighted by Crippen LogP contribution is -1.90. The summed E-state index contributed by atoms with van der Waals surface area (Å²) >= 11 is 1.85. The molecule has 1 N–H and O–H groups in total. The third-order valence-electron chi connectivity index (χ3n) is 1.66. The lowest BCUT2D eigenvalue weighted by Gasteiger charge is -2.05. The number of hydrogen-bond donors (Lipinski definition) is 1. The lowest BCUT2D eigenvalue weighted by molar-refractivity contribution is 0.281. The largest absolute Gasteiger partial charge is 0.392 e. The molecule has 0 bridgehead atoms. The summed E-state index contributed by atoms with van der Waals surface area (Å²) in [5, 5.41) is 8.93. The summed E-state index contributed by atoms with van der Waals surface area (Å²) < 4.78 is 0. The quantitative estimate of drug-likeness (QED) is 0.747. The van der Waals surface area contributed by atoms with E-state index in [0.29, 0.717) is 5.92 Å². The van der Waals surface area contributed by atoms with Gasteiger partial charge in [-0.3, -0.25) is 0 Å². The molecule has 0 radical (unpaired) electrons. The standard InChI is InChI=1S/C11H16OS/c1-9(2)8-13-11-5-3-4-10(6-11)7-12/h3-6,9,12H,7-8H2,1-2H3. The summed E-state index contributed by atoms with van der Waals surface area (Å²) in [6.07, 6.45) is 0. The second-order valence-electron chi connectivity index (χ2n) is 3.51. The fourth-order valence-corrected chi connectivity index (χ4v) is 1.93. The summed E-state index contributed by atoms with van der Waals surface area (Å²) in [6.45, 7) is 4.56. The van der Waals surface area contributed by atoms with E-state index < -0.39 is 0 Å². The van der Waals surface area contributed by atoms with Gasteiger partial charge in [0, 0.05) is 10.6 Å². The lowest BCUT2D eigenvalue weighted by atomic mass is 10.2. The molecule has 1 rings (SSSR count). The molecule has 0 fully saturated rings. The van der Waals surface area contributed by atoms with E-state index in [1.54, 1.807) is 0 Å². The molecule has 0 aliphatic rings. The molecular formula is C11H16OS. The van der Waals surface area contributed by atoms with Gasteiger partial charge in [0.2, 0.25) is 0 Å². The smallest absolute Gasteiger partial charge is 0.0682 e. The third-order valence-corrected chi connectivity index (χ3v) is 3.08. The second kappa shape index (κ2) is 5.30. The molecule has 0 aliphatic carbocycles. The van der Waals surface area contributed by atoms with E-state index in [-0.39, 0.29) is 6.61 Å². The highest BCUT2D eigenvalue weighted by molar-refractivity contribution is 7.99. The first kappa shape index (κ1) is 10.6. The highest BCUT2D eigenvalue weighted by atomic mass is 32.2. The summed E-state index contributed by atoms with van der Waals surface area (Å²) in [5.41, 5.74) is 0.994. The molecule has 0 saturated carbocycles. The molecule has 0 unspecified atom stereocenters. The fraction of sp³-hybridized carbons (Fsp3) is 0.455. The monoisotopic (exact) mass is 196 g/mol. The van der Waals surface area contributed by atoms with E-state index >= 15 is 0 Å². The molecule has 0 saturated heterocycles. The van der Waals surface area contributed by atoms with E-state index in [4.69, 9.17) is 5.11 Å². The highest BCUT2D eigenvalue weighted by Gasteiger charge is 1.98. The van der Waals surface area contributed by atoms with Gasteiger partial charge in [-0.2, -0.15) is 0 Å². The van der Waals surface area contributed by atoms with Crippen molar-refractivity contribution < 1.29 is 5.11 Å². The van der Waals surface area contributed by atoms with Crippen molar-refractivity contribution in [2.75, 3.05) is 5.75 Å². The second-order valence-corrected chi connectivity index (χ2v) is 4.60. The predicted octanol–water partition coefficient (Wildman–Crippen LogP) is 2.93. The van der Waals surface area contributed by atoms with Crippen LogP contribution in [0.2, 0.25) is 0 Å². The van der Waals surface area contributed by atoms with Gasteiger partial charge in [-0.15, -0.1) is 11.8 Å². The maximum Gasteiger partial charge on any atom is 0.0682 e. The van der Waals surface area contributed by atoms with Crippen LogP contribution in [0.15, 0.2) is 29.2 Å². The Kier molecular flexibility index (Phi) is 4.33. The zero-order valence-corrected chi connectivity index (χ0v) is 8.97. The maximum atomic E-state index is 8.93. The van der Waals surface area contributed by atoms with Crippen LogP contribution in [-0.2, 0) is 6.61 Å². The molecule has 0 heterocycles. The Hall–Kier alpha value is -0.470. The van der Waals surface area contributed by atoms with Gasteiger partial charge in [0.1, 0.15) is 0 Å². The Morgan fingerprint density at radius 2 is 2.15 bits per heavy atom. The summed E-state index contributed by atoms with van der Waals surface area (Å²) in [5.74, 6) is 1.84. The van der Waals surface area contributed by atoms with Gasteiger partial charge in [-0.25, -0.2) is 0 Å². The first-order chi connectivity index (χ1) is 6.22. The fourth-order valence-electron chi connectivity index (χ4n) is 0.997. The molecule has 72 valence electrons. The van der Waals surface area contributed by atoms with Crippen LogP contribution >= 0.6 is 11.8 Å². The molecule has 0 atom stereocenters. The molecule has 0 aromatic heterocycles. The van der Waals surface area contributed by atoms with E-state index in [0.717, 1.165) is 11.3 Å². The summed E-state index contributed by atoms with van der Waals surface area (Å²) in [7, 11) is 0. The van der Waals surface area contributed by atoms with Crippen molar-refractivity contribution >= 4 is 11.8 Å². The topological polar surface area (TPSA) is 20.2 Å². The first-order valence-corrected chi connectivity index (χ1v) is 5.53. The van der Waals surface area contributed by atoms with Crippen molar-refractivity contribution in [3.8, 4) is 0 Å². The number of aliphatic hydroxyl groups excluding tert-OH is 1. The Bertz CT molecular complexity index is 258. The molecule has 1 nitrogen and oxygen atoms in total. The van der Waals surface area contributed by atoms with Crippen molar-refractivity contribution in [2.24, 2.45) is 5.92 Å². The molecular weight excluding hydrogens is 180 g/mol. The maximum absolute atomic E-state index is 8.93. The third kappa shape index (κ3) is 3.83. The van der Waals surface area contributed by atoms with E-state index in [1.165, 1.54) is 4.90 Å². The normalized spacial score (nSPS) is 10.8. The Morgan fingerprint density at radius 1 is 1.38 bits per heavy atom. The molecule has 1 aromatic rings. The van der Waals surface area contributed by atoms with Gasteiger partial charge < -0.3 is 5.11 Å². The Labute approximate surface area is 84.2 Å². The number of aliphatic hydroxyl groups is 1. The molecule has 1 aromatic carbocycles. The molecule has 13 heavy (non-hydrogen) atoms. The van der Waals surface area contributed by atoms with Crippen LogP contribution in [0, 0.1) is 5.92 Å². The van der Waals surface area contributed by atoms with Crippen molar-refractivity contribution in [3.63, 3.8) is 0 Å². The number of rotatable bonds is 4. The first-order valence-electron chi connectivity index (χ1n) is 4.55. The number of thioether (sulfide) groups is 1.